The van der Waals surface area contributed by atoms with E-state index in [2.05, 4.69) is 22.6 Å². The molecule has 7 nitrogen and oxygen atoms in total. The Balaban J connectivity index is 1.80. The van der Waals surface area contributed by atoms with Crippen molar-refractivity contribution in [1.82, 2.24) is 20.1 Å². The van der Waals surface area contributed by atoms with Crippen molar-refractivity contribution < 1.29 is 9.59 Å². The predicted octanol–water partition coefficient (Wildman–Crippen LogP) is 2.64. The van der Waals surface area contributed by atoms with E-state index < -0.39 is 11.3 Å². The molecule has 2 amide bonds. The first kappa shape index (κ1) is 23.5. The van der Waals surface area contributed by atoms with Crippen molar-refractivity contribution in [1.29, 1.82) is 0 Å². The largest absolute Gasteiger partial charge is 0.352 e. The van der Waals surface area contributed by atoms with Gasteiger partial charge in [0.25, 0.3) is 11.8 Å². The molecule has 1 saturated carbocycles. The van der Waals surface area contributed by atoms with E-state index in [1.54, 1.807) is 12.4 Å². The number of pyridine rings is 1. The number of hydrogen-bond acceptors (Lipinski definition) is 4. The molecule has 2 fully saturated rings. The first-order valence-electron chi connectivity index (χ1n) is 11.8. The van der Waals surface area contributed by atoms with E-state index in [1.807, 2.05) is 18.4 Å². The van der Waals surface area contributed by atoms with Crippen molar-refractivity contribution in [2.75, 3.05) is 26.7 Å². The Bertz CT molecular complexity index is 827. The first-order chi connectivity index (χ1) is 14.8. The van der Waals surface area contributed by atoms with Crippen LogP contribution in [0.2, 0.25) is 0 Å². The van der Waals surface area contributed by atoms with Gasteiger partial charge >= 0.3 is 0 Å². The maximum Gasteiger partial charge on any atom is 0.256 e. The number of carbonyl (C=O) groups excluding carboxylic acids is 2. The number of hydrogen-bond donors (Lipinski definition) is 2. The number of nitrogens with zero attached hydrogens (tertiary/aromatic N) is 2. The number of nitrogens with one attached hydrogen (secondary N) is 2. The molecule has 1 aliphatic heterocycles. The van der Waals surface area contributed by atoms with Gasteiger partial charge in [0.05, 0.1) is 0 Å². The fourth-order valence-electron chi connectivity index (χ4n) is 4.84. The van der Waals surface area contributed by atoms with Crippen molar-refractivity contribution in [2.45, 2.75) is 71.4 Å². The third kappa shape index (κ3) is 6.66. The van der Waals surface area contributed by atoms with Crippen LogP contribution in [0.25, 0.3) is 0 Å². The number of carbonyl (C=O) groups is 2. The van der Waals surface area contributed by atoms with Gasteiger partial charge in [0.15, 0.2) is 0 Å². The van der Waals surface area contributed by atoms with Gasteiger partial charge in [-0.05, 0) is 65.0 Å². The molecular weight excluding hydrogens is 392 g/mol. The molecule has 1 atom stereocenters. The van der Waals surface area contributed by atoms with E-state index in [4.69, 9.17) is 0 Å². The Hall–Kier alpha value is -2.15. The highest BCUT2D eigenvalue weighted by atomic mass is 16.2. The van der Waals surface area contributed by atoms with Gasteiger partial charge in [-0.25, -0.2) is 0 Å². The molecule has 1 aromatic heterocycles. The van der Waals surface area contributed by atoms with Crippen molar-refractivity contribution in [3.63, 3.8) is 0 Å². The predicted molar refractivity (Wildman–Crippen MR) is 122 cm³/mol. The lowest BCUT2D eigenvalue weighted by molar-refractivity contribution is 0.0934. The lowest BCUT2D eigenvalue weighted by atomic mass is 9.89. The van der Waals surface area contributed by atoms with Gasteiger partial charge in [0.2, 0.25) is 5.43 Å². The van der Waals surface area contributed by atoms with Crippen molar-refractivity contribution >= 4 is 11.8 Å². The highest BCUT2D eigenvalue weighted by Crippen LogP contribution is 2.25. The van der Waals surface area contributed by atoms with Crippen molar-refractivity contribution in [3.05, 3.63) is 33.7 Å². The zero-order chi connectivity index (χ0) is 22.4. The summed E-state index contributed by atoms with van der Waals surface area (Å²) < 4.78 is 1.88. The van der Waals surface area contributed by atoms with Crippen LogP contribution in [0.15, 0.2) is 17.2 Å². The van der Waals surface area contributed by atoms with Crippen LogP contribution in [0, 0.1) is 11.8 Å². The number of rotatable bonds is 7. The minimum absolute atomic E-state index is 0.0505. The van der Waals surface area contributed by atoms with E-state index in [-0.39, 0.29) is 23.1 Å². The fourth-order valence-corrected chi connectivity index (χ4v) is 4.84. The van der Waals surface area contributed by atoms with Gasteiger partial charge in [-0.1, -0.05) is 19.3 Å². The SMILES string of the molecule is CC(C)NC(=O)c1cn(CC2CCCCC2)cc(C(=O)NC[C@@H]2CCCN(C)C2)c1=O. The summed E-state index contributed by atoms with van der Waals surface area (Å²) in [5.74, 6) is 0.112. The summed E-state index contributed by atoms with van der Waals surface area (Å²) in [5, 5.41) is 5.75. The number of aromatic nitrogens is 1. The molecular formula is C24H38N4O3. The molecule has 7 heteroatoms. The minimum Gasteiger partial charge on any atom is -0.352 e. The topological polar surface area (TPSA) is 83.4 Å². The van der Waals surface area contributed by atoms with E-state index in [1.165, 1.54) is 19.3 Å². The molecule has 3 rings (SSSR count). The number of likely N-dealkylation sites (tertiary alicyclic amines) is 1. The monoisotopic (exact) mass is 430 g/mol. The lowest BCUT2D eigenvalue weighted by Crippen LogP contribution is -2.41. The Morgan fingerprint density at radius 1 is 1.00 bits per heavy atom. The molecule has 2 aliphatic rings. The standard InChI is InChI=1S/C24H38N4O3/c1-17(2)26-24(31)21-16-28(14-18-8-5-4-6-9-18)15-20(22(21)29)23(30)25-12-19-10-7-11-27(3)13-19/h15-19H,4-14H2,1-3H3,(H,25,30)(H,26,31)/t19-/m0/s1. The first-order valence-corrected chi connectivity index (χ1v) is 11.8. The molecule has 0 spiro atoms. The van der Waals surface area contributed by atoms with E-state index >= 15 is 0 Å². The van der Waals surface area contributed by atoms with Crippen LogP contribution in [-0.2, 0) is 6.54 Å². The van der Waals surface area contributed by atoms with Crippen LogP contribution >= 0.6 is 0 Å². The van der Waals surface area contributed by atoms with Gasteiger partial charge in [-0.15, -0.1) is 0 Å². The molecule has 0 unspecified atom stereocenters. The van der Waals surface area contributed by atoms with E-state index in [0.29, 0.717) is 18.4 Å². The van der Waals surface area contributed by atoms with Gasteiger partial charge in [-0.2, -0.15) is 0 Å². The molecule has 2 heterocycles. The van der Waals surface area contributed by atoms with Crippen LogP contribution in [0.1, 0.15) is 79.5 Å². The zero-order valence-electron chi connectivity index (χ0n) is 19.3. The maximum absolute atomic E-state index is 13.0. The second-order valence-electron chi connectivity index (χ2n) is 9.72. The van der Waals surface area contributed by atoms with Crippen LogP contribution in [-0.4, -0.2) is 54.0 Å². The summed E-state index contributed by atoms with van der Waals surface area (Å²) >= 11 is 0. The highest BCUT2D eigenvalue weighted by Gasteiger charge is 2.23. The molecule has 0 radical (unpaired) electrons. The molecule has 2 N–H and O–H groups in total. The molecule has 0 aromatic carbocycles. The molecule has 1 saturated heterocycles. The summed E-state index contributed by atoms with van der Waals surface area (Å²) in [5.41, 5.74) is -0.373. The average Bonchev–Trinajstić information content (AvgIpc) is 2.73. The summed E-state index contributed by atoms with van der Waals surface area (Å²) in [6.07, 6.45) is 11.5. The van der Waals surface area contributed by atoms with Crippen molar-refractivity contribution in [3.8, 4) is 0 Å². The summed E-state index contributed by atoms with van der Waals surface area (Å²) in [6, 6.07) is -0.0838. The van der Waals surface area contributed by atoms with Crippen LogP contribution < -0.4 is 16.1 Å². The molecule has 1 aromatic rings. The summed E-state index contributed by atoms with van der Waals surface area (Å²) in [4.78, 5) is 40.9. The average molecular weight is 431 g/mol. The van der Waals surface area contributed by atoms with Crippen LogP contribution in [0.5, 0.6) is 0 Å². The van der Waals surface area contributed by atoms with Gasteiger partial charge in [-0.3, -0.25) is 14.4 Å². The Morgan fingerprint density at radius 2 is 1.65 bits per heavy atom. The molecule has 172 valence electrons. The van der Waals surface area contributed by atoms with Crippen molar-refractivity contribution in [2.24, 2.45) is 11.8 Å². The smallest absolute Gasteiger partial charge is 0.256 e. The van der Waals surface area contributed by atoms with Crippen LogP contribution in [0.3, 0.4) is 0 Å². The van der Waals surface area contributed by atoms with Gasteiger partial charge in [0.1, 0.15) is 11.1 Å². The Morgan fingerprint density at radius 3 is 2.29 bits per heavy atom. The van der Waals surface area contributed by atoms with E-state index in [0.717, 1.165) is 45.3 Å². The third-order valence-corrected chi connectivity index (χ3v) is 6.46. The van der Waals surface area contributed by atoms with Gasteiger partial charge in [0, 0.05) is 38.1 Å². The Labute approximate surface area is 185 Å². The Kier molecular flexibility index (Phi) is 8.29. The second kappa shape index (κ2) is 10.9. The summed E-state index contributed by atoms with van der Waals surface area (Å²) in [7, 11) is 2.09. The second-order valence-corrected chi connectivity index (χ2v) is 9.72. The van der Waals surface area contributed by atoms with E-state index in [9.17, 15) is 14.4 Å². The number of amides is 2. The van der Waals surface area contributed by atoms with Crippen LogP contribution in [0.4, 0.5) is 0 Å². The highest BCUT2D eigenvalue weighted by molar-refractivity contribution is 5.99. The third-order valence-electron chi connectivity index (χ3n) is 6.46. The summed E-state index contributed by atoms with van der Waals surface area (Å²) in [6.45, 7) is 7.03. The zero-order valence-corrected chi connectivity index (χ0v) is 19.3. The molecule has 0 bridgehead atoms. The molecule has 1 aliphatic carbocycles. The number of piperidine rings is 1. The lowest BCUT2D eigenvalue weighted by Gasteiger charge is -2.29. The maximum atomic E-state index is 13.0. The molecule has 31 heavy (non-hydrogen) atoms. The normalized spacial score (nSPS) is 20.6. The quantitative estimate of drug-likeness (QED) is 0.697. The minimum atomic E-state index is -0.490. The fraction of sp³-hybridized carbons (Fsp3) is 0.708. The van der Waals surface area contributed by atoms with Gasteiger partial charge < -0.3 is 20.1 Å².